The Hall–Kier alpha value is -1.59. The Balaban J connectivity index is 0.00000176. The molecule has 1 saturated carbocycles. The third-order valence-electron chi connectivity index (χ3n) is 4.75. The van der Waals surface area contributed by atoms with Gasteiger partial charge in [-0.25, -0.2) is 4.79 Å². The third-order valence-corrected chi connectivity index (χ3v) is 4.75. The predicted molar refractivity (Wildman–Crippen MR) is 85.1 cm³/mol. The van der Waals surface area contributed by atoms with E-state index < -0.39 is 5.97 Å². The van der Waals surface area contributed by atoms with E-state index in [4.69, 9.17) is 5.73 Å². The lowest BCUT2D eigenvalue weighted by molar-refractivity contribution is 0.0600. The largest absolute Gasteiger partial charge is 0.465 e. The van der Waals surface area contributed by atoms with Gasteiger partial charge >= 0.3 is 5.97 Å². The second kappa shape index (κ2) is 6.67. The van der Waals surface area contributed by atoms with Crippen LogP contribution in [0.2, 0.25) is 0 Å². The van der Waals surface area contributed by atoms with Crippen LogP contribution in [0.15, 0.2) is 24.3 Å². The highest BCUT2D eigenvalue weighted by atomic mass is 35.5. The number of hydrogen-bond acceptors (Lipinski definition) is 4. The Labute approximate surface area is 136 Å². The fourth-order valence-corrected chi connectivity index (χ4v) is 3.52. The number of nitrogens with zero attached hydrogens (tertiary/aromatic N) is 1. The van der Waals surface area contributed by atoms with Crippen molar-refractivity contribution in [2.45, 2.75) is 18.9 Å². The zero-order valence-corrected chi connectivity index (χ0v) is 13.3. The molecule has 22 heavy (non-hydrogen) atoms. The van der Waals surface area contributed by atoms with Crippen LogP contribution in [0.1, 0.15) is 33.6 Å². The van der Waals surface area contributed by atoms with Crippen molar-refractivity contribution in [2.75, 3.05) is 20.2 Å². The van der Waals surface area contributed by atoms with E-state index in [1.807, 2.05) is 4.90 Å². The van der Waals surface area contributed by atoms with Crippen molar-refractivity contribution in [3.63, 3.8) is 0 Å². The lowest BCUT2D eigenvalue weighted by Crippen LogP contribution is -2.33. The summed E-state index contributed by atoms with van der Waals surface area (Å²) in [6.07, 6.45) is 2.20. The van der Waals surface area contributed by atoms with E-state index in [2.05, 4.69) is 4.74 Å². The normalized spacial score (nSPS) is 26.3. The Morgan fingerprint density at radius 1 is 1.14 bits per heavy atom. The molecule has 1 aromatic rings. The molecule has 120 valence electrons. The lowest BCUT2D eigenvalue weighted by atomic mass is 9.98. The van der Waals surface area contributed by atoms with E-state index in [0.717, 1.165) is 25.9 Å². The number of esters is 1. The predicted octanol–water partition coefficient (Wildman–Crippen LogP) is 1.70. The molecule has 1 amide bonds. The average molecular weight is 325 g/mol. The van der Waals surface area contributed by atoms with E-state index in [1.54, 1.807) is 24.3 Å². The van der Waals surface area contributed by atoms with Crippen molar-refractivity contribution < 1.29 is 14.3 Å². The van der Waals surface area contributed by atoms with Gasteiger partial charge < -0.3 is 15.4 Å². The average Bonchev–Trinajstić information content (AvgIpc) is 3.08. The number of rotatable bonds is 2. The molecule has 6 heteroatoms. The molecule has 3 atom stereocenters. The van der Waals surface area contributed by atoms with Gasteiger partial charge in [0.15, 0.2) is 0 Å². The first kappa shape index (κ1) is 16.8. The van der Waals surface area contributed by atoms with Gasteiger partial charge in [0.05, 0.1) is 12.7 Å². The highest BCUT2D eigenvalue weighted by Crippen LogP contribution is 2.37. The molecule has 2 N–H and O–H groups in total. The van der Waals surface area contributed by atoms with Crippen molar-refractivity contribution >= 4 is 24.3 Å². The summed E-state index contributed by atoms with van der Waals surface area (Å²) < 4.78 is 4.65. The van der Waals surface area contributed by atoms with Gasteiger partial charge in [-0.1, -0.05) is 0 Å². The quantitative estimate of drug-likeness (QED) is 0.840. The molecule has 5 nitrogen and oxygen atoms in total. The van der Waals surface area contributed by atoms with Gasteiger partial charge in [-0.05, 0) is 48.9 Å². The van der Waals surface area contributed by atoms with Gasteiger partial charge in [-0.2, -0.15) is 0 Å². The molecule has 2 aliphatic rings. The number of nitrogens with two attached hydrogens (primary N) is 1. The molecule has 0 bridgehead atoms. The van der Waals surface area contributed by atoms with Gasteiger partial charge in [0.25, 0.3) is 5.91 Å². The second-order valence-electron chi connectivity index (χ2n) is 5.94. The Kier molecular flexibility index (Phi) is 5.08. The Morgan fingerprint density at radius 3 is 2.36 bits per heavy atom. The number of likely N-dealkylation sites (tertiary alicyclic amines) is 1. The number of amides is 1. The smallest absolute Gasteiger partial charge is 0.337 e. The van der Waals surface area contributed by atoms with Crippen LogP contribution in [-0.4, -0.2) is 43.0 Å². The third kappa shape index (κ3) is 2.96. The maximum absolute atomic E-state index is 12.5. The fraction of sp³-hybridized carbons (Fsp3) is 0.500. The van der Waals surface area contributed by atoms with Gasteiger partial charge in [-0.3, -0.25) is 4.79 Å². The summed E-state index contributed by atoms with van der Waals surface area (Å²) in [5, 5.41) is 0. The van der Waals surface area contributed by atoms with E-state index in [0.29, 0.717) is 23.0 Å². The topological polar surface area (TPSA) is 72.6 Å². The summed E-state index contributed by atoms with van der Waals surface area (Å²) in [7, 11) is 1.34. The number of ether oxygens (including phenoxy) is 1. The fourth-order valence-electron chi connectivity index (χ4n) is 3.52. The zero-order valence-electron chi connectivity index (χ0n) is 12.5. The minimum Gasteiger partial charge on any atom is -0.465 e. The van der Waals surface area contributed by atoms with Crippen molar-refractivity contribution in [1.82, 2.24) is 4.90 Å². The van der Waals surface area contributed by atoms with Crippen LogP contribution in [0.25, 0.3) is 0 Å². The first-order chi connectivity index (χ1) is 10.1. The van der Waals surface area contributed by atoms with Crippen molar-refractivity contribution in [3.8, 4) is 0 Å². The standard InChI is InChI=1S/C16H20N2O3.ClH/c1-21-16(20)11-4-2-10(3-5-11)15(19)18-8-12-6-7-14(17)13(12)9-18;/h2-5,12-14H,6-9,17H2,1H3;1H. The van der Waals surface area contributed by atoms with E-state index >= 15 is 0 Å². The van der Waals surface area contributed by atoms with Crippen LogP contribution >= 0.6 is 12.4 Å². The minimum absolute atomic E-state index is 0. The minimum atomic E-state index is -0.393. The summed E-state index contributed by atoms with van der Waals surface area (Å²) in [6.45, 7) is 1.55. The Morgan fingerprint density at radius 2 is 1.77 bits per heavy atom. The highest BCUT2D eigenvalue weighted by molar-refractivity contribution is 5.96. The van der Waals surface area contributed by atoms with Crippen molar-refractivity contribution in [1.29, 1.82) is 0 Å². The molecule has 1 saturated heterocycles. The van der Waals surface area contributed by atoms with E-state index in [1.165, 1.54) is 7.11 Å². The molecular weight excluding hydrogens is 304 g/mol. The summed E-state index contributed by atoms with van der Waals surface area (Å²) in [5.74, 6) is 0.630. The SMILES string of the molecule is COC(=O)c1ccc(C(=O)N2CC3CCC(N)C3C2)cc1.Cl. The second-order valence-corrected chi connectivity index (χ2v) is 5.94. The lowest BCUT2D eigenvalue weighted by Gasteiger charge is -2.19. The van der Waals surface area contributed by atoms with Crippen LogP contribution < -0.4 is 5.73 Å². The molecule has 1 aliphatic heterocycles. The maximum atomic E-state index is 12.5. The zero-order chi connectivity index (χ0) is 15.0. The van der Waals surface area contributed by atoms with Crippen LogP contribution in [0.5, 0.6) is 0 Å². The number of carbonyl (C=O) groups excluding carboxylic acids is 2. The van der Waals surface area contributed by atoms with Crippen LogP contribution in [0.3, 0.4) is 0 Å². The van der Waals surface area contributed by atoms with Crippen molar-refractivity contribution in [2.24, 2.45) is 17.6 Å². The summed E-state index contributed by atoms with van der Waals surface area (Å²) in [4.78, 5) is 25.8. The van der Waals surface area contributed by atoms with Gasteiger partial charge in [0.2, 0.25) is 0 Å². The summed E-state index contributed by atoms with van der Waals surface area (Å²) in [5.41, 5.74) is 7.16. The first-order valence-corrected chi connectivity index (χ1v) is 7.33. The number of hydrogen-bond donors (Lipinski definition) is 1. The molecule has 2 fully saturated rings. The maximum Gasteiger partial charge on any atom is 0.337 e. The number of halogens is 1. The summed E-state index contributed by atoms with van der Waals surface area (Å²) in [6, 6.07) is 6.85. The highest BCUT2D eigenvalue weighted by Gasteiger charge is 2.42. The van der Waals surface area contributed by atoms with E-state index in [9.17, 15) is 9.59 Å². The first-order valence-electron chi connectivity index (χ1n) is 7.33. The van der Waals surface area contributed by atoms with Crippen LogP contribution in [0.4, 0.5) is 0 Å². The number of carbonyl (C=O) groups is 2. The monoisotopic (exact) mass is 324 g/mol. The summed E-state index contributed by atoms with van der Waals surface area (Å²) >= 11 is 0. The molecule has 3 rings (SSSR count). The number of fused-ring (bicyclic) bond motifs is 1. The molecule has 0 spiro atoms. The molecule has 0 aromatic heterocycles. The molecule has 1 aromatic carbocycles. The van der Waals surface area contributed by atoms with Crippen molar-refractivity contribution in [3.05, 3.63) is 35.4 Å². The molecule has 1 heterocycles. The van der Waals surface area contributed by atoms with E-state index in [-0.39, 0.29) is 24.4 Å². The Bertz CT molecular complexity index is 561. The molecule has 0 radical (unpaired) electrons. The molecule has 3 unspecified atom stereocenters. The molecule has 1 aliphatic carbocycles. The van der Waals surface area contributed by atoms with Crippen LogP contribution in [-0.2, 0) is 4.74 Å². The van der Waals surface area contributed by atoms with Gasteiger partial charge in [-0.15, -0.1) is 12.4 Å². The molecular formula is C16H21ClN2O3. The number of benzene rings is 1. The van der Waals surface area contributed by atoms with Gasteiger partial charge in [0, 0.05) is 24.7 Å². The van der Waals surface area contributed by atoms with Gasteiger partial charge in [0.1, 0.15) is 0 Å². The number of methoxy groups -OCH3 is 1. The van der Waals surface area contributed by atoms with Crippen LogP contribution in [0, 0.1) is 11.8 Å².